The van der Waals surface area contributed by atoms with Crippen LogP contribution in [0.25, 0.3) is 0 Å². The first-order chi connectivity index (χ1) is 6.66. The van der Waals surface area contributed by atoms with Gasteiger partial charge in [0.2, 0.25) is 0 Å². The molecule has 0 heterocycles. The summed E-state index contributed by atoms with van der Waals surface area (Å²) in [5, 5.41) is 3.58. The van der Waals surface area contributed by atoms with Crippen LogP contribution in [-0.4, -0.2) is 24.1 Å². The van der Waals surface area contributed by atoms with E-state index in [9.17, 15) is 0 Å². The highest BCUT2D eigenvalue weighted by molar-refractivity contribution is 7.99. The Bertz CT molecular complexity index is 115. The first-order valence-electron chi connectivity index (χ1n) is 5.98. The van der Waals surface area contributed by atoms with Crippen molar-refractivity contribution in [3.05, 3.63) is 0 Å². The van der Waals surface area contributed by atoms with Gasteiger partial charge in [-0.05, 0) is 50.2 Å². The highest BCUT2D eigenvalue weighted by Gasteiger charge is 2.01. The van der Waals surface area contributed by atoms with Crippen molar-refractivity contribution >= 4 is 11.8 Å². The molecule has 0 fully saturated rings. The third-order valence-corrected chi connectivity index (χ3v) is 3.33. The molecule has 14 heavy (non-hydrogen) atoms. The van der Waals surface area contributed by atoms with Gasteiger partial charge in [-0.2, -0.15) is 11.8 Å². The number of hydrogen-bond acceptors (Lipinski definition) is 2. The summed E-state index contributed by atoms with van der Waals surface area (Å²) in [6.07, 6.45) is 3.97. The topological polar surface area (TPSA) is 12.0 Å². The molecule has 0 aliphatic rings. The summed E-state index contributed by atoms with van der Waals surface area (Å²) >= 11 is 2.04. The van der Waals surface area contributed by atoms with Crippen molar-refractivity contribution in [3.8, 4) is 0 Å². The zero-order valence-electron chi connectivity index (χ0n) is 10.3. The van der Waals surface area contributed by atoms with Gasteiger partial charge in [0.25, 0.3) is 0 Å². The lowest BCUT2D eigenvalue weighted by atomic mass is 10.0. The lowest BCUT2D eigenvalue weighted by Crippen LogP contribution is -2.27. The summed E-state index contributed by atoms with van der Waals surface area (Å²) in [6, 6.07) is 0.698. The Morgan fingerprint density at radius 1 is 1.14 bits per heavy atom. The summed E-state index contributed by atoms with van der Waals surface area (Å²) in [7, 11) is 0. The molecule has 1 N–H and O–H groups in total. The molecule has 86 valence electrons. The smallest absolute Gasteiger partial charge is 0.00388 e. The van der Waals surface area contributed by atoms with Crippen LogP contribution >= 0.6 is 11.8 Å². The molecule has 0 saturated carbocycles. The molecular weight excluding hydrogens is 190 g/mol. The maximum Gasteiger partial charge on any atom is 0.00388 e. The highest BCUT2D eigenvalue weighted by atomic mass is 32.2. The molecule has 0 aliphatic carbocycles. The van der Waals surface area contributed by atoms with E-state index in [2.05, 4.69) is 33.0 Å². The van der Waals surface area contributed by atoms with Gasteiger partial charge in [-0.25, -0.2) is 0 Å². The quantitative estimate of drug-likeness (QED) is 0.593. The van der Waals surface area contributed by atoms with Crippen LogP contribution in [0.1, 0.15) is 47.0 Å². The molecule has 0 radical (unpaired) electrons. The van der Waals surface area contributed by atoms with Crippen molar-refractivity contribution < 1.29 is 0 Å². The zero-order chi connectivity index (χ0) is 10.8. The third-order valence-electron chi connectivity index (χ3n) is 2.34. The van der Waals surface area contributed by atoms with Crippen molar-refractivity contribution in [2.75, 3.05) is 18.1 Å². The Morgan fingerprint density at radius 2 is 1.86 bits per heavy atom. The van der Waals surface area contributed by atoms with E-state index in [1.165, 1.54) is 37.3 Å². The van der Waals surface area contributed by atoms with Gasteiger partial charge in [-0.3, -0.25) is 0 Å². The van der Waals surface area contributed by atoms with Gasteiger partial charge in [0.05, 0.1) is 0 Å². The fourth-order valence-electron chi connectivity index (χ4n) is 1.35. The van der Waals surface area contributed by atoms with Crippen molar-refractivity contribution in [1.29, 1.82) is 0 Å². The second-order valence-corrected chi connectivity index (χ2v) is 5.77. The normalized spacial score (nSPS) is 13.5. The van der Waals surface area contributed by atoms with E-state index in [0.717, 1.165) is 5.92 Å². The van der Waals surface area contributed by atoms with E-state index in [1.54, 1.807) is 0 Å². The van der Waals surface area contributed by atoms with E-state index < -0.39 is 0 Å². The highest BCUT2D eigenvalue weighted by Crippen LogP contribution is 2.06. The van der Waals surface area contributed by atoms with Gasteiger partial charge in [0.15, 0.2) is 0 Å². The minimum atomic E-state index is 0.698. The van der Waals surface area contributed by atoms with Gasteiger partial charge < -0.3 is 5.32 Å². The molecule has 2 heteroatoms. The van der Waals surface area contributed by atoms with Gasteiger partial charge >= 0.3 is 0 Å². The van der Waals surface area contributed by atoms with Crippen LogP contribution < -0.4 is 5.32 Å². The summed E-state index contributed by atoms with van der Waals surface area (Å²) in [5.74, 6) is 3.40. The molecule has 0 bridgehead atoms. The van der Waals surface area contributed by atoms with Crippen LogP contribution in [0.4, 0.5) is 0 Å². The number of hydrogen-bond donors (Lipinski definition) is 1. The maximum absolute atomic E-state index is 3.58. The monoisotopic (exact) mass is 217 g/mol. The molecule has 0 aromatic rings. The molecular formula is C12H27NS. The Hall–Kier alpha value is 0.310. The first kappa shape index (κ1) is 14.3. The Balaban J connectivity index is 3.14. The number of nitrogens with one attached hydrogen (secondary N) is 1. The van der Waals surface area contributed by atoms with Crippen molar-refractivity contribution in [2.24, 2.45) is 5.92 Å². The van der Waals surface area contributed by atoms with Crippen LogP contribution in [0, 0.1) is 5.92 Å². The van der Waals surface area contributed by atoms with E-state index in [0.29, 0.717) is 6.04 Å². The molecule has 1 atom stereocenters. The van der Waals surface area contributed by atoms with Crippen molar-refractivity contribution in [2.45, 2.75) is 53.0 Å². The van der Waals surface area contributed by atoms with Gasteiger partial charge in [0, 0.05) is 6.04 Å². The largest absolute Gasteiger partial charge is 0.314 e. The molecule has 1 nitrogen and oxygen atoms in total. The van der Waals surface area contributed by atoms with Crippen molar-refractivity contribution in [3.63, 3.8) is 0 Å². The molecule has 1 unspecified atom stereocenters. The minimum absolute atomic E-state index is 0.698. The Morgan fingerprint density at radius 3 is 2.43 bits per heavy atom. The van der Waals surface area contributed by atoms with Crippen molar-refractivity contribution in [1.82, 2.24) is 5.32 Å². The first-order valence-corrected chi connectivity index (χ1v) is 7.13. The van der Waals surface area contributed by atoms with Crippen LogP contribution in [-0.2, 0) is 0 Å². The molecule has 0 spiro atoms. The summed E-state index contributed by atoms with van der Waals surface area (Å²) in [5.41, 5.74) is 0. The van der Waals surface area contributed by atoms with E-state index in [1.807, 2.05) is 11.8 Å². The SMILES string of the molecule is CCSCCCNC(C)CCC(C)C. The second kappa shape index (κ2) is 9.85. The summed E-state index contributed by atoms with van der Waals surface area (Å²) < 4.78 is 0. The van der Waals surface area contributed by atoms with Crippen LogP contribution in [0.2, 0.25) is 0 Å². The lowest BCUT2D eigenvalue weighted by molar-refractivity contribution is 0.452. The van der Waals surface area contributed by atoms with Gasteiger partial charge in [0.1, 0.15) is 0 Å². The van der Waals surface area contributed by atoms with E-state index in [-0.39, 0.29) is 0 Å². The summed E-state index contributed by atoms with van der Waals surface area (Å²) in [6.45, 7) is 10.3. The fourth-order valence-corrected chi connectivity index (χ4v) is 1.99. The predicted octanol–water partition coefficient (Wildman–Crippen LogP) is 3.54. The maximum atomic E-state index is 3.58. The van der Waals surface area contributed by atoms with Gasteiger partial charge in [-0.1, -0.05) is 20.8 Å². The number of thioether (sulfide) groups is 1. The molecule has 0 aromatic carbocycles. The van der Waals surface area contributed by atoms with E-state index >= 15 is 0 Å². The van der Waals surface area contributed by atoms with Crippen LogP contribution in [0.15, 0.2) is 0 Å². The lowest BCUT2D eigenvalue weighted by Gasteiger charge is -2.14. The number of rotatable bonds is 9. The average Bonchev–Trinajstić information content (AvgIpc) is 2.14. The fraction of sp³-hybridized carbons (Fsp3) is 1.00. The molecule has 0 amide bonds. The van der Waals surface area contributed by atoms with Crippen LogP contribution in [0.3, 0.4) is 0 Å². The Kier molecular flexibility index (Phi) is 10.1. The molecule has 0 aromatic heterocycles. The third kappa shape index (κ3) is 10.4. The standard InChI is InChI=1S/C12H27NS/c1-5-14-10-6-9-13-12(4)8-7-11(2)3/h11-13H,5-10H2,1-4H3. The second-order valence-electron chi connectivity index (χ2n) is 4.38. The molecule has 0 aliphatic heterocycles. The molecule has 0 saturated heterocycles. The summed E-state index contributed by atoms with van der Waals surface area (Å²) in [4.78, 5) is 0. The van der Waals surface area contributed by atoms with E-state index in [4.69, 9.17) is 0 Å². The average molecular weight is 217 g/mol. The predicted molar refractivity (Wildman–Crippen MR) is 69.2 cm³/mol. The minimum Gasteiger partial charge on any atom is -0.314 e. The zero-order valence-corrected chi connectivity index (χ0v) is 11.1. The Labute approximate surface area is 94.4 Å². The molecule has 0 rings (SSSR count). The van der Waals surface area contributed by atoms with Crippen LogP contribution in [0.5, 0.6) is 0 Å². The van der Waals surface area contributed by atoms with Gasteiger partial charge in [-0.15, -0.1) is 0 Å².